The Hall–Kier alpha value is -1.41. The van der Waals surface area contributed by atoms with Gasteiger partial charge in [0.2, 0.25) is 0 Å². The smallest absolute Gasteiger partial charge is 0.309 e. The number of carbonyl (C=O) groups is 1. The van der Waals surface area contributed by atoms with E-state index >= 15 is 0 Å². The van der Waals surface area contributed by atoms with Gasteiger partial charge in [0.05, 0.1) is 11.6 Å². The monoisotopic (exact) mass is 301 g/mol. The maximum absolute atomic E-state index is 12.4. The van der Waals surface area contributed by atoms with E-state index in [2.05, 4.69) is 9.97 Å². The fourth-order valence-electron chi connectivity index (χ4n) is 2.54. The van der Waals surface area contributed by atoms with Crippen molar-refractivity contribution in [2.75, 3.05) is 13.1 Å². The van der Waals surface area contributed by atoms with Gasteiger partial charge in [0.1, 0.15) is 5.82 Å². The van der Waals surface area contributed by atoms with Gasteiger partial charge in [-0.2, -0.15) is 4.31 Å². The Morgan fingerprint density at radius 2 is 2.10 bits per heavy atom. The van der Waals surface area contributed by atoms with Crippen LogP contribution in [0.1, 0.15) is 32.0 Å². The van der Waals surface area contributed by atoms with Gasteiger partial charge in [-0.05, 0) is 26.2 Å². The Labute approximate surface area is 118 Å². The number of nitrogens with zero attached hydrogens (tertiary/aromatic N) is 2. The minimum Gasteiger partial charge on any atom is -0.481 e. The minimum absolute atomic E-state index is 0.0642. The normalized spacial score (nSPS) is 19.9. The van der Waals surface area contributed by atoms with Gasteiger partial charge in [0.15, 0.2) is 5.03 Å². The molecule has 0 unspecified atom stereocenters. The molecule has 0 spiro atoms. The number of rotatable bonds is 4. The molecule has 0 saturated carbocycles. The molecule has 0 bridgehead atoms. The van der Waals surface area contributed by atoms with Crippen LogP contribution in [-0.2, 0) is 14.8 Å². The van der Waals surface area contributed by atoms with Crippen molar-refractivity contribution in [3.8, 4) is 0 Å². The first-order chi connectivity index (χ1) is 9.32. The Bertz CT molecular complexity index is 600. The molecule has 0 radical (unpaired) electrons. The number of aromatic nitrogens is 2. The summed E-state index contributed by atoms with van der Waals surface area (Å²) in [4.78, 5) is 18.0. The van der Waals surface area contributed by atoms with Crippen LogP contribution in [0.5, 0.6) is 0 Å². The first kappa shape index (κ1) is 15.0. The van der Waals surface area contributed by atoms with Crippen molar-refractivity contribution in [1.29, 1.82) is 0 Å². The highest BCUT2D eigenvalue weighted by molar-refractivity contribution is 7.89. The summed E-state index contributed by atoms with van der Waals surface area (Å²) in [5.41, 5.74) is -0.796. The largest absolute Gasteiger partial charge is 0.481 e. The van der Waals surface area contributed by atoms with E-state index in [9.17, 15) is 18.3 Å². The number of hydrogen-bond acceptors (Lipinski definition) is 4. The zero-order chi connectivity index (χ0) is 15.0. The lowest BCUT2D eigenvalue weighted by Gasteiger charge is -2.37. The van der Waals surface area contributed by atoms with Crippen LogP contribution in [0.25, 0.3) is 0 Å². The van der Waals surface area contributed by atoms with Crippen molar-refractivity contribution in [3.05, 3.63) is 12.0 Å². The quantitative estimate of drug-likeness (QED) is 0.863. The van der Waals surface area contributed by atoms with E-state index < -0.39 is 21.4 Å². The molecule has 112 valence electrons. The van der Waals surface area contributed by atoms with Gasteiger partial charge in [-0.15, -0.1) is 0 Å². The van der Waals surface area contributed by atoms with Crippen LogP contribution in [0, 0.1) is 12.3 Å². The molecule has 1 aliphatic heterocycles. The molecule has 1 aliphatic rings. The molecule has 0 aliphatic carbocycles. The van der Waals surface area contributed by atoms with Crippen LogP contribution >= 0.6 is 0 Å². The van der Waals surface area contributed by atoms with Crippen LogP contribution in [-0.4, -0.2) is 46.9 Å². The number of H-pyrrole nitrogens is 1. The molecule has 0 atom stereocenters. The van der Waals surface area contributed by atoms with Crippen LogP contribution in [0.2, 0.25) is 0 Å². The van der Waals surface area contributed by atoms with Crippen LogP contribution < -0.4 is 0 Å². The fraction of sp³-hybridized carbons (Fsp3) is 0.667. The summed E-state index contributed by atoms with van der Waals surface area (Å²) in [7, 11) is -3.60. The van der Waals surface area contributed by atoms with Gasteiger partial charge in [0, 0.05) is 13.1 Å². The van der Waals surface area contributed by atoms with Crippen molar-refractivity contribution >= 4 is 16.0 Å². The SMILES string of the molecule is CCC1(C(=O)O)CCN(S(=O)(=O)c2cnc(C)[nH]2)CC1. The summed E-state index contributed by atoms with van der Waals surface area (Å²) in [5.74, 6) is -0.302. The number of hydrogen-bond donors (Lipinski definition) is 2. The maximum Gasteiger partial charge on any atom is 0.309 e. The first-order valence-corrected chi connectivity index (χ1v) is 8.01. The van der Waals surface area contributed by atoms with Crippen LogP contribution in [0.3, 0.4) is 0 Å². The highest BCUT2D eigenvalue weighted by atomic mass is 32.2. The zero-order valence-electron chi connectivity index (χ0n) is 11.6. The highest BCUT2D eigenvalue weighted by Gasteiger charge is 2.42. The van der Waals surface area contributed by atoms with E-state index in [1.54, 1.807) is 6.92 Å². The molecular formula is C12H19N3O4S. The zero-order valence-corrected chi connectivity index (χ0v) is 12.4. The summed E-state index contributed by atoms with van der Waals surface area (Å²) in [6.07, 6.45) is 2.49. The summed E-state index contributed by atoms with van der Waals surface area (Å²) in [5, 5.41) is 9.38. The van der Waals surface area contributed by atoms with Crippen molar-refractivity contribution in [3.63, 3.8) is 0 Å². The molecule has 20 heavy (non-hydrogen) atoms. The van der Waals surface area contributed by atoms with E-state index in [1.807, 2.05) is 6.92 Å². The second-order valence-corrected chi connectivity index (χ2v) is 7.08. The van der Waals surface area contributed by atoms with Gasteiger partial charge >= 0.3 is 5.97 Å². The Morgan fingerprint density at radius 3 is 2.50 bits per heavy atom. The van der Waals surface area contributed by atoms with E-state index in [4.69, 9.17) is 0 Å². The average molecular weight is 301 g/mol. The predicted octanol–water partition coefficient (Wildman–Crippen LogP) is 0.984. The molecule has 1 saturated heterocycles. The van der Waals surface area contributed by atoms with Crippen molar-refractivity contribution in [2.45, 2.75) is 38.1 Å². The topological polar surface area (TPSA) is 103 Å². The number of aromatic amines is 1. The number of carboxylic acids is 1. The molecule has 1 aromatic heterocycles. The van der Waals surface area contributed by atoms with Gasteiger partial charge in [-0.3, -0.25) is 4.79 Å². The van der Waals surface area contributed by atoms with Gasteiger partial charge < -0.3 is 10.1 Å². The highest BCUT2D eigenvalue weighted by Crippen LogP contribution is 2.36. The van der Waals surface area contributed by atoms with Crippen LogP contribution in [0.4, 0.5) is 0 Å². The second kappa shape index (κ2) is 5.17. The number of imidazole rings is 1. The summed E-state index contributed by atoms with van der Waals surface area (Å²) < 4.78 is 26.1. The lowest BCUT2D eigenvalue weighted by molar-refractivity contribution is -0.151. The first-order valence-electron chi connectivity index (χ1n) is 6.57. The predicted molar refractivity (Wildman–Crippen MR) is 71.7 cm³/mol. The lowest BCUT2D eigenvalue weighted by atomic mass is 9.77. The van der Waals surface area contributed by atoms with Gasteiger partial charge in [0.25, 0.3) is 10.0 Å². The molecule has 2 N–H and O–H groups in total. The summed E-state index contributed by atoms with van der Waals surface area (Å²) in [6, 6.07) is 0. The Balaban J connectivity index is 2.16. The van der Waals surface area contributed by atoms with Gasteiger partial charge in [-0.25, -0.2) is 13.4 Å². The Morgan fingerprint density at radius 1 is 1.50 bits per heavy atom. The van der Waals surface area contributed by atoms with Crippen molar-refractivity contribution in [1.82, 2.24) is 14.3 Å². The molecule has 7 nitrogen and oxygen atoms in total. The Kier molecular flexibility index (Phi) is 3.88. The lowest BCUT2D eigenvalue weighted by Crippen LogP contribution is -2.46. The average Bonchev–Trinajstić information content (AvgIpc) is 2.86. The maximum atomic E-state index is 12.4. The molecule has 2 heterocycles. The third-order valence-electron chi connectivity index (χ3n) is 4.11. The number of aliphatic carboxylic acids is 1. The molecule has 8 heteroatoms. The summed E-state index contributed by atoms with van der Waals surface area (Å²) >= 11 is 0. The number of nitrogens with one attached hydrogen (secondary N) is 1. The number of sulfonamides is 1. The van der Waals surface area contributed by atoms with E-state index in [1.165, 1.54) is 10.5 Å². The standard InChI is InChI=1S/C12H19N3O4S/c1-3-12(11(16)17)4-6-15(7-5-12)20(18,19)10-8-13-9(2)14-10/h8H,3-7H2,1-2H3,(H,13,14)(H,16,17). The molecule has 0 aromatic carbocycles. The minimum atomic E-state index is -3.60. The number of piperidine rings is 1. The van der Waals surface area contributed by atoms with E-state index in [-0.39, 0.29) is 18.1 Å². The third kappa shape index (κ3) is 2.45. The number of carboxylic acid groups (broad SMARTS) is 1. The molecule has 1 aromatic rings. The van der Waals surface area contributed by atoms with Crippen molar-refractivity contribution < 1.29 is 18.3 Å². The van der Waals surface area contributed by atoms with Gasteiger partial charge in [-0.1, -0.05) is 6.92 Å². The molecule has 2 rings (SSSR count). The van der Waals surface area contributed by atoms with Crippen molar-refractivity contribution in [2.24, 2.45) is 5.41 Å². The van der Waals surface area contributed by atoms with Crippen LogP contribution in [0.15, 0.2) is 11.2 Å². The molecular weight excluding hydrogens is 282 g/mol. The number of aryl methyl sites for hydroxylation is 1. The molecule has 0 amide bonds. The fourth-order valence-corrected chi connectivity index (χ4v) is 3.95. The van der Waals surface area contributed by atoms with E-state index in [0.717, 1.165) is 0 Å². The summed E-state index contributed by atoms with van der Waals surface area (Å²) in [6.45, 7) is 3.96. The molecule has 1 fully saturated rings. The third-order valence-corrected chi connectivity index (χ3v) is 5.92. The van der Waals surface area contributed by atoms with E-state index in [0.29, 0.717) is 25.1 Å². The second-order valence-electron chi connectivity index (χ2n) is 5.18.